The number of aliphatic imine (C=N–C) groups is 1. The number of rotatable bonds is 5. The van der Waals surface area contributed by atoms with E-state index in [1.54, 1.807) is 0 Å². The Balaban J connectivity index is 2.54. The lowest BCUT2D eigenvalue weighted by Gasteiger charge is -2.12. The lowest BCUT2D eigenvalue weighted by Crippen LogP contribution is -2.33. The molecule has 0 spiro atoms. The molecule has 0 radical (unpaired) electrons. The zero-order valence-corrected chi connectivity index (χ0v) is 12.5. The van der Waals surface area contributed by atoms with Crippen LogP contribution in [0.4, 0.5) is 0 Å². The van der Waals surface area contributed by atoms with Crippen LogP contribution in [-0.2, 0) is 6.42 Å². The molecule has 3 N–H and O–H groups in total. The Kier molecular flexibility index (Phi) is 5.61. The lowest BCUT2D eigenvalue weighted by atomic mass is 9.97. The first kappa shape index (κ1) is 15.3. The zero-order valence-electron chi connectivity index (χ0n) is 12.5. The summed E-state index contributed by atoms with van der Waals surface area (Å²) in [6, 6.07) is 4.45. The highest BCUT2D eigenvalue weighted by molar-refractivity contribution is 5.77. The van der Waals surface area contributed by atoms with E-state index in [2.05, 4.69) is 49.8 Å². The van der Waals surface area contributed by atoms with Gasteiger partial charge in [0, 0.05) is 6.54 Å². The van der Waals surface area contributed by atoms with Gasteiger partial charge in [0.15, 0.2) is 5.96 Å². The lowest BCUT2D eigenvalue weighted by molar-refractivity contribution is 0.842. The highest BCUT2D eigenvalue weighted by atomic mass is 15.1. The number of hydrogen-bond acceptors (Lipinski definition) is 1. The van der Waals surface area contributed by atoms with E-state index < -0.39 is 0 Å². The van der Waals surface area contributed by atoms with Gasteiger partial charge in [0.05, 0.1) is 6.54 Å². The number of nitrogens with one attached hydrogen (secondary N) is 1. The van der Waals surface area contributed by atoms with Gasteiger partial charge in [-0.3, -0.25) is 0 Å². The molecule has 3 heteroatoms. The Morgan fingerprint density at radius 2 is 1.84 bits per heavy atom. The fourth-order valence-electron chi connectivity index (χ4n) is 2.20. The average molecular weight is 259 g/mol. The van der Waals surface area contributed by atoms with E-state index >= 15 is 0 Å². The standard InChI is InChI=1S/C16H25N3/c1-11(2)10-19-16(17)18-7-6-15-13(4)8-12(3)9-14(15)5/h8-9H,1,6-7,10H2,2-5H3,(H3,17,18,19). The summed E-state index contributed by atoms with van der Waals surface area (Å²) in [5.74, 6) is 0.491. The number of hydrogen-bond donors (Lipinski definition) is 2. The summed E-state index contributed by atoms with van der Waals surface area (Å²) < 4.78 is 0. The minimum absolute atomic E-state index is 0.491. The van der Waals surface area contributed by atoms with Gasteiger partial charge in [-0.2, -0.15) is 0 Å². The molecule has 0 unspecified atom stereocenters. The van der Waals surface area contributed by atoms with Gasteiger partial charge in [-0.05, 0) is 50.8 Å². The SMILES string of the molecule is C=C(C)CN=C(N)NCCc1c(C)cc(C)cc1C. The molecule has 3 nitrogen and oxygen atoms in total. The number of aryl methyl sites for hydroxylation is 3. The van der Waals surface area contributed by atoms with Crippen LogP contribution in [0.15, 0.2) is 29.3 Å². The molecule has 1 rings (SSSR count). The van der Waals surface area contributed by atoms with Crippen LogP contribution in [0.1, 0.15) is 29.2 Å². The van der Waals surface area contributed by atoms with Crippen LogP contribution in [0.3, 0.4) is 0 Å². The monoisotopic (exact) mass is 259 g/mol. The largest absolute Gasteiger partial charge is 0.370 e. The van der Waals surface area contributed by atoms with E-state index in [9.17, 15) is 0 Å². The van der Waals surface area contributed by atoms with Crippen molar-refractivity contribution in [2.75, 3.05) is 13.1 Å². The second-order valence-corrected chi connectivity index (χ2v) is 5.21. The number of nitrogens with zero attached hydrogens (tertiary/aromatic N) is 1. The van der Waals surface area contributed by atoms with Crippen LogP contribution >= 0.6 is 0 Å². The van der Waals surface area contributed by atoms with Gasteiger partial charge >= 0.3 is 0 Å². The van der Waals surface area contributed by atoms with Crippen molar-refractivity contribution >= 4 is 5.96 Å². The van der Waals surface area contributed by atoms with Gasteiger partial charge in [0.2, 0.25) is 0 Å². The third-order valence-electron chi connectivity index (χ3n) is 3.04. The number of guanidine groups is 1. The molecule has 0 aliphatic heterocycles. The third kappa shape index (κ3) is 5.16. The minimum Gasteiger partial charge on any atom is -0.370 e. The van der Waals surface area contributed by atoms with Crippen molar-refractivity contribution in [1.82, 2.24) is 5.32 Å². The van der Waals surface area contributed by atoms with Crippen LogP contribution in [0.5, 0.6) is 0 Å². The topological polar surface area (TPSA) is 50.4 Å². The summed E-state index contributed by atoms with van der Waals surface area (Å²) >= 11 is 0. The molecule has 0 fully saturated rings. The Morgan fingerprint density at radius 1 is 1.26 bits per heavy atom. The van der Waals surface area contributed by atoms with E-state index in [4.69, 9.17) is 5.73 Å². The van der Waals surface area contributed by atoms with Crippen LogP contribution in [0.25, 0.3) is 0 Å². The predicted molar refractivity (Wildman–Crippen MR) is 83.7 cm³/mol. The van der Waals surface area contributed by atoms with Crippen molar-refractivity contribution in [2.24, 2.45) is 10.7 Å². The first-order valence-electron chi connectivity index (χ1n) is 6.65. The van der Waals surface area contributed by atoms with Gasteiger partial charge in [0.25, 0.3) is 0 Å². The average Bonchev–Trinajstić information content (AvgIpc) is 2.29. The number of nitrogens with two attached hydrogens (primary N) is 1. The molecular weight excluding hydrogens is 234 g/mol. The van der Waals surface area contributed by atoms with Crippen molar-refractivity contribution in [3.8, 4) is 0 Å². The van der Waals surface area contributed by atoms with Gasteiger partial charge in [-0.15, -0.1) is 0 Å². The van der Waals surface area contributed by atoms with Gasteiger partial charge in [-0.25, -0.2) is 4.99 Å². The molecule has 0 saturated carbocycles. The molecule has 0 aromatic heterocycles. The molecule has 1 aromatic carbocycles. The fraction of sp³-hybridized carbons (Fsp3) is 0.438. The molecule has 0 saturated heterocycles. The van der Waals surface area contributed by atoms with E-state index in [0.717, 1.165) is 18.5 Å². The molecule has 104 valence electrons. The molecule has 0 atom stereocenters. The normalized spacial score (nSPS) is 11.5. The maximum absolute atomic E-state index is 5.78. The van der Waals surface area contributed by atoms with Crippen molar-refractivity contribution in [2.45, 2.75) is 34.1 Å². The van der Waals surface area contributed by atoms with Crippen LogP contribution in [-0.4, -0.2) is 19.0 Å². The first-order valence-corrected chi connectivity index (χ1v) is 6.65. The second kappa shape index (κ2) is 6.98. The summed E-state index contributed by atoms with van der Waals surface area (Å²) in [6.45, 7) is 13.6. The van der Waals surface area contributed by atoms with E-state index in [-0.39, 0.29) is 0 Å². The van der Waals surface area contributed by atoms with Gasteiger partial charge in [0.1, 0.15) is 0 Å². The van der Waals surface area contributed by atoms with Crippen molar-refractivity contribution in [3.05, 3.63) is 46.5 Å². The predicted octanol–water partition coefficient (Wildman–Crippen LogP) is 2.63. The third-order valence-corrected chi connectivity index (χ3v) is 3.04. The van der Waals surface area contributed by atoms with E-state index in [1.165, 1.54) is 22.3 Å². The van der Waals surface area contributed by atoms with Crippen LogP contribution in [0.2, 0.25) is 0 Å². The summed E-state index contributed by atoms with van der Waals surface area (Å²) in [5.41, 5.74) is 12.2. The highest BCUT2D eigenvalue weighted by Crippen LogP contribution is 2.16. The van der Waals surface area contributed by atoms with E-state index in [1.807, 2.05) is 6.92 Å². The van der Waals surface area contributed by atoms with Crippen molar-refractivity contribution in [3.63, 3.8) is 0 Å². The van der Waals surface area contributed by atoms with Crippen molar-refractivity contribution < 1.29 is 0 Å². The Bertz CT molecular complexity index is 464. The van der Waals surface area contributed by atoms with Gasteiger partial charge in [-0.1, -0.05) is 29.8 Å². The summed E-state index contributed by atoms with van der Waals surface area (Å²) in [5, 5.41) is 3.14. The smallest absolute Gasteiger partial charge is 0.188 e. The first-order chi connectivity index (χ1) is 8.90. The molecule has 0 heterocycles. The molecule has 1 aromatic rings. The molecule has 0 aliphatic carbocycles. The maximum Gasteiger partial charge on any atom is 0.188 e. The molecule has 0 amide bonds. The summed E-state index contributed by atoms with van der Waals surface area (Å²) in [6.07, 6.45) is 0.960. The van der Waals surface area contributed by atoms with E-state index in [0.29, 0.717) is 12.5 Å². The zero-order chi connectivity index (χ0) is 14.4. The molecular formula is C16H25N3. The Morgan fingerprint density at radius 3 is 2.37 bits per heavy atom. The molecule has 0 aliphatic rings. The highest BCUT2D eigenvalue weighted by Gasteiger charge is 2.03. The minimum atomic E-state index is 0.491. The maximum atomic E-state index is 5.78. The van der Waals surface area contributed by atoms with Gasteiger partial charge < -0.3 is 11.1 Å². The quantitative estimate of drug-likeness (QED) is 0.485. The van der Waals surface area contributed by atoms with Crippen LogP contribution < -0.4 is 11.1 Å². The molecule has 19 heavy (non-hydrogen) atoms. The fourth-order valence-corrected chi connectivity index (χ4v) is 2.20. The Hall–Kier alpha value is -1.77. The second-order valence-electron chi connectivity index (χ2n) is 5.21. The summed E-state index contributed by atoms with van der Waals surface area (Å²) in [7, 11) is 0. The summed E-state index contributed by atoms with van der Waals surface area (Å²) in [4.78, 5) is 4.20. The van der Waals surface area contributed by atoms with Crippen LogP contribution in [0, 0.1) is 20.8 Å². The van der Waals surface area contributed by atoms with Crippen molar-refractivity contribution in [1.29, 1.82) is 0 Å². The number of benzene rings is 1. The molecule has 0 bridgehead atoms. The Labute approximate surface area is 116 Å².